The maximum atomic E-state index is 12.5. The fraction of sp³-hybridized carbons (Fsp3) is 0.938. The van der Waals surface area contributed by atoms with Gasteiger partial charge in [-0.25, -0.2) is 12.7 Å². The summed E-state index contributed by atoms with van der Waals surface area (Å²) in [5.74, 6) is 1.49. The number of fused-ring (bicyclic) bond motifs is 2. The fourth-order valence-electron chi connectivity index (χ4n) is 4.66. The molecule has 3 rings (SSSR count). The van der Waals surface area contributed by atoms with E-state index in [1.165, 1.54) is 17.0 Å². The molecule has 3 N–H and O–H groups in total. The van der Waals surface area contributed by atoms with Gasteiger partial charge in [-0.1, -0.05) is 6.42 Å². The first-order valence-corrected chi connectivity index (χ1v) is 10.7. The predicted molar refractivity (Wildman–Crippen MR) is 89.1 cm³/mol. The van der Waals surface area contributed by atoms with Crippen LogP contribution < -0.4 is 11.1 Å². The largest absolute Gasteiger partial charge is 0.356 e. The average Bonchev–Trinajstić information content (AvgIpc) is 2.93. The van der Waals surface area contributed by atoms with E-state index in [2.05, 4.69) is 5.32 Å². The third-order valence-electron chi connectivity index (χ3n) is 6.07. The Morgan fingerprint density at radius 2 is 1.87 bits per heavy atom. The van der Waals surface area contributed by atoms with Crippen LogP contribution in [0.5, 0.6) is 0 Å². The summed E-state index contributed by atoms with van der Waals surface area (Å²) in [5, 5.41) is 3.07. The summed E-state index contributed by atoms with van der Waals surface area (Å²) in [5.41, 5.74) is 6.28. The Morgan fingerprint density at radius 1 is 1.22 bits per heavy atom. The normalized spacial score (nSPS) is 38.4. The van der Waals surface area contributed by atoms with Gasteiger partial charge in [0.1, 0.15) is 0 Å². The van der Waals surface area contributed by atoms with Gasteiger partial charge in [0.25, 0.3) is 0 Å². The summed E-state index contributed by atoms with van der Waals surface area (Å²) in [7, 11) is -3.10. The van der Waals surface area contributed by atoms with E-state index in [1.54, 1.807) is 0 Å². The van der Waals surface area contributed by atoms with Crippen LogP contribution in [0.15, 0.2) is 0 Å². The Kier molecular flexibility index (Phi) is 4.99. The Balaban J connectivity index is 1.47. The molecule has 1 aliphatic heterocycles. The fourth-order valence-corrected chi connectivity index (χ4v) is 5.58. The van der Waals surface area contributed by atoms with Gasteiger partial charge in [0, 0.05) is 31.6 Å². The van der Waals surface area contributed by atoms with Crippen molar-refractivity contribution in [1.82, 2.24) is 9.62 Å². The molecule has 1 saturated heterocycles. The monoisotopic (exact) mass is 343 g/mol. The smallest absolute Gasteiger partial charge is 0.223 e. The van der Waals surface area contributed by atoms with E-state index in [-0.39, 0.29) is 23.8 Å². The summed E-state index contributed by atoms with van der Waals surface area (Å²) < 4.78 is 24.6. The number of rotatable bonds is 4. The maximum absolute atomic E-state index is 12.5. The van der Waals surface area contributed by atoms with Crippen molar-refractivity contribution in [2.45, 2.75) is 44.6 Å². The highest BCUT2D eigenvalue weighted by Crippen LogP contribution is 2.41. The molecular weight excluding hydrogens is 314 g/mol. The predicted octanol–water partition coefficient (Wildman–Crippen LogP) is 0.538. The number of carbonyl (C=O) groups excluding carboxylic acids is 1. The lowest BCUT2D eigenvalue weighted by Crippen LogP contribution is -2.49. The summed E-state index contributed by atoms with van der Waals surface area (Å²) in [6.07, 6.45) is 7.49. The molecule has 3 aliphatic rings. The van der Waals surface area contributed by atoms with Crippen molar-refractivity contribution in [2.24, 2.45) is 29.4 Å². The molecule has 23 heavy (non-hydrogen) atoms. The molecule has 3 fully saturated rings. The molecule has 3 atom stereocenters. The van der Waals surface area contributed by atoms with Gasteiger partial charge in [-0.2, -0.15) is 0 Å². The highest BCUT2D eigenvalue weighted by molar-refractivity contribution is 7.88. The molecule has 132 valence electrons. The third-order valence-corrected chi connectivity index (χ3v) is 7.34. The van der Waals surface area contributed by atoms with Gasteiger partial charge in [0.2, 0.25) is 15.9 Å². The number of hydrogen-bond donors (Lipinski definition) is 2. The van der Waals surface area contributed by atoms with E-state index in [1.807, 2.05) is 0 Å². The zero-order chi connectivity index (χ0) is 16.6. The minimum Gasteiger partial charge on any atom is -0.356 e. The van der Waals surface area contributed by atoms with Gasteiger partial charge in [-0.3, -0.25) is 4.79 Å². The van der Waals surface area contributed by atoms with Gasteiger partial charge >= 0.3 is 0 Å². The van der Waals surface area contributed by atoms with Crippen LogP contribution in [-0.2, 0) is 14.8 Å². The number of sulfonamides is 1. The third kappa shape index (κ3) is 3.88. The SMILES string of the molecule is CS(=O)(=O)N1CCC(CNC(=O)C2CC3CCCC(C2)C3N)C1. The van der Waals surface area contributed by atoms with Gasteiger partial charge < -0.3 is 11.1 Å². The van der Waals surface area contributed by atoms with Crippen LogP contribution >= 0.6 is 0 Å². The number of amides is 1. The van der Waals surface area contributed by atoms with Crippen LogP contribution in [0, 0.1) is 23.7 Å². The zero-order valence-electron chi connectivity index (χ0n) is 13.9. The topological polar surface area (TPSA) is 92.5 Å². The summed E-state index contributed by atoms with van der Waals surface area (Å²) >= 11 is 0. The molecule has 2 bridgehead atoms. The van der Waals surface area contributed by atoms with Crippen LogP contribution in [0.3, 0.4) is 0 Å². The van der Waals surface area contributed by atoms with E-state index in [9.17, 15) is 13.2 Å². The van der Waals surface area contributed by atoms with Crippen LogP contribution in [0.1, 0.15) is 38.5 Å². The quantitative estimate of drug-likeness (QED) is 0.779. The first kappa shape index (κ1) is 17.2. The lowest BCUT2D eigenvalue weighted by molar-refractivity contribution is -0.128. The second kappa shape index (κ2) is 6.69. The van der Waals surface area contributed by atoms with E-state index in [4.69, 9.17) is 5.73 Å². The van der Waals surface area contributed by atoms with Crippen LogP contribution in [0.2, 0.25) is 0 Å². The van der Waals surface area contributed by atoms with Gasteiger partial charge in [0.05, 0.1) is 6.26 Å². The minimum atomic E-state index is -3.10. The van der Waals surface area contributed by atoms with E-state index in [0.717, 1.165) is 32.1 Å². The molecule has 0 radical (unpaired) electrons. The molecule has 7 heteroatoms. The standard InChI is InChI=1S/C16H29N3O3S/c1-23(21,22)19-6-5-11(10-19)9-18-16(20)14-7-12-3-2-4-13(8-14)15(12)17/h11-15H,2-10,17H2,1H3,(H,18,20). The average molecular weight is 343 g/mol. The van der Waals surface area contributed by atoms with E-state index < -0.39 is 10.0 Å². The summed E-state index contributed by atoms with van der Waals surface area (Å²) in [6, 6.07) is 0.283. The maximum Gasteiger partial charge on any atom is 0.223 e. The lowest BCUT2D eigenvalue weighted by atomic mass is 9.65. The molecule has 3 unspecified atom stereocenters. The van der Waals surface area contributed by atoms with Gasteiger partial charge in [-0.05, 0) is 49.9 Å². The van der Waals surface area contributed by atoms with Gasteiger partial charge in [0.15, 0.2) is 0 Å². The van der Waals surface area contributed by atoms with Crippen molar-refractivity contribution in [2.75, 3.05) is 25.9 Å². The second-order valence-corrected chi connectivity index (χ2v) is 9.70. The lowest BCUT2D eigenvalue weighted by Gasteiger charge is -2.43. The van der Waals surface area contributed by atoms with Crippen molar-refractivity contribution < 1.29 is 13.2 Å². The Hall–Kier alpha value is -0.660. The summed E-state index contributed by atoms with van der Waals surface area (Å²) in [6.45, 7) is 1.68. The molecule has 1 heterocycles. The van der Waals surface area contributed by atoms with Gasteiger partial charge in [-0.15, -0.1) is 0 Å². The Morgan fingerprint density at radius 3 is 2.43 bits per heavy atom. The van der Waals surface area contributed by atoms with Crippen molar-refractivity contribution in [3.8, 4) is 0 Å². The van der Waals surface area contributed by atoms with Crippen LogP contribution in [0.4, 0.5) is 0 Å². The molecule has 6 nitrogen and oxygen atoms in total. The molecule has 0 aromatic rings. The minimum absolute atomic E-state index is 0.0949. The molecule has 0 aromatic heterocycles. The number of hydrogen-bond acceptors (Lipinski definition) is 4. The molecule has 1 amide bonds. The number of carbonyl (C=O) groups is 1. The number of nitrogens with zero attached hydrogens (tertiary/aromatic N) is 1. The zero-order valence-corrected chi connectivity index (χ0v) is 14.7. The first-order valence-electron chi connectivity index (χ1n) is 8.83. The molecule has 2 saturated carbocycles. The van der Waals surface area contributed by atoms with Crippen molar-refractivity contribution in [3.63, 3.8) is 0 Å². The van der Waals surface area contributed by atoms with Crippen molar-refractivity contribution in [1.29, 1.82) is 0 Å². The second-order valence-electron chi connectivity index (χ2n) is 7.72. The van der Waals surface area contributed by atoms with E-state index >= 15 is 0 Å². The van der Waals surface area contributed by atoms with Crippen LogP contribution in [-0.4, -0.2) is 50.6 Å². The highest BCUT2D eigenvalue weighted by Gasteiger charge is 2.40. The summed E-state index contributed by atoms with van der Waals surface area (Å²) in [4.78, 5) is 12.5. The Labute approximate surface area is 139 Å². The van der Waals surface area contributed by atoms with Crippen LogP contribution in [0.25, 0.3) is 0 Å². The number of nitrogens with two attached hydrogens (primary N) is 1. The Bertz CT molecular complexity index is 537. The van der Waals surface area contributed by atoms with E-state index in [0.29, 0.717) is 31.5 Å². The molecule has 0 aromatic carbocycles. The highest BCUT2D eigenvalue weighted by atomic mass is 32.2. The molecule has 2 aliphatic carbocycles. The molecule has 0 spiro atoms. The van der Waals surface area contributed by atoms with Crippen molar-refractivity contribution >= 4 is 15.9 Å². The van der Waals surface area contributed by atoms with Crippen molar-refractivity contribution in [3.05, 3.63) is 0 Å². The molecular formula is C16H29N3O3S. The first-order chi connectivity index (χ1) is 10.8. The number of nitrogens with one attached hydrogen (secondary N) is 1.